The summed E-state index contributed by atoms with van der Waals surface area (Å²) in [6, 6.07) is 0. The second-order valence-corrected chi connectivity index (χ2v) is 0.289. The van der Waals surface area contributed by atoms with Crippen molar-refractivity contribution in [2.24, 2.45) is 0 Å². The molecular weight excluding hydrogens is 166 g/mol. The van der Waals surface area contributed by atoms with Gasteiger partial charge in [0.2, 0.25) is 0 Å². The minimum Gasteiger partial charge on any atom is -1.00 e. The van der Waals surface area contributed by atoms with Crippen molar-refractivity contribution in [2.75, 3.05) is 0 Å². The van der Waals surface area contributed by atoms with Crippen LogP contribution in [-0.2, 0) is 16.5 Å². The Kier molecular flexibility index (Phi) is 220. The number of halogens is 2. The smallest absolute Gasteiger partial charge is 1.00 e. The Morgan fingerprint density at radius 2 is 1.33 bits per heavy atom. The summed E-state index contributed by atoms with van der Waals surface area (Å²) in [6.07, 6.45) is 1.50. The van der Waals surface area contributed by atoms with Gasteiger partial charge in [-0.2, -0.15) is 0 Å². The van der Waals surface area contributed by atoms with Crippen molar-refractivity contribution in [1.29, 1.82) is 0 Å². The molecule has 1 radical (unpaired) electrons. The van der Waals surface area contributed by atoms with E-state index in [1.165, 1.54) is 6.08 Å². The van der Waals surface area contributed by atoms with Gasteiger partial charge in [-0.05, 0) is 0 Å². The Balaban J connectivity index is -0.00000000667. The molecule has 3 heteroatoms. The predicted octanol–water partition coefficient (Wildman–Crippen LogP) is -4.99. The first-order valence-corrected chi connectivity index (χ1v) is 0.816. The van der Waals surface area contributed by atoms with Crippen LogP contribution in [0, 0.1) is 6.92 Å². The van der Waals surface area contributed by atoms with E-state index in [1.54, 1.807) is 0 Å². The van der Waals surface area contributed by atoms with Gasteiger partial charge in [-0.3, -0.25) is 0 Å². The van der Waals surface area contributed by atoms with Gasteiger partial charge in [0.15, 0.2) is 0 Å². The van der Waals surface area contributed by atoms with Gasteiger partial charge in [-0.15, -0.1) is 0 Å². The topological polar surface area (TPSA) is 0 Å². The molecule has 0 unspecified atom stereocenters. The zero-order valence-electron chi connectivity index (χ0n) is 3.06. The van der Waals surface area contributed by atoms with Crippen LogP contribution in [0.25, 0.3) is 0 Å². The first-order chi connectivity index (χ1) is 1.41. The number of rotatable bonds is 0. The van der Waals surface area contributed by atoms with E-state index >= 15 is 0 Å². The molecule has 0 aliphatic heterocycles. The molecule has 0 spiro atoms. The molecule has 0 aliphatic rings. The number of hydrogen-bond acceptors (Lipinski definition) is 0. The normalized spacial score (nSPS) is 2.00. The fraction of sp³-hybridized carbons (Fsp3) is 0. The van der Waals surface area contributed by atoms with E-state index in [1.807, 2.05) is 0 Å². The number of allylic oxidation sites excluding steroid dienone is 1. The molecule has 6 heavy (non-hydrogen) atoms. The second-order valence-electron chi connectivity index (χ2n) is 0.289. The van der Waals surface area contributed by atoms with Crippen molar-refractivity contribution in [3.63, 3.8) is 0 Å². The molecule has 0 heterocycles. The van der Waals surface area contributed by atoms with Crippen LogP contribution in [0.2, 0.25) is 0 Å². The van der Waals surface area contributed by atoms with E-state index in [0.29, 0.717) is 0 Å². The zero-order valence-corrected chi connectivity index (χ0v) is 5.56. The second kappa shape index (κ2) is 44.0. The van der Waals surface area contributed by atoms with Gasteiger partial charge in [-0.1, -0.05) is 0 Å². The molecule has 0 rings (SSSR count). The van der Waals surface area contributed by atoms with E-state index in [0.717, 1.165) is 0 Å². The summed E-state index contributed by atoms with van der Waals surface area (Å²) in [7, 11) is 0. The summed E-state index contributed by atoms with van der Waals surface area (Å²) in [5.41, 5.74) is 0. The molecule has 0 aromatic heterocycles. The maximum absolute atomic E-state index is 3.25. The van der Waals surface area contributed by atoms with Crippen molar-refractivity contribution in [3.8, 4) is 0 Å². The van der Waals surface area contributed by atoms with E-state index < -0.39 is 0 Å². The standard InChI is InChI=1S/C3H5.2ClH.Ni/c1-3-2;;;/h3H,1-2H2;2*1H;/q-1;;;+3/p-2. The van der Waals surface area contributed by atoms with Gasteiger partial charge >= 0.3 is 16.5 Å². The van der Waals surface area contributed by atoms with Gasteiger partial charge in [0.1, 0.15) is 0 Å². The minimum absolute atomic E-state index is 0. The Bertz CT molecular complexity index is 16.3. The minimum atomic E-state index is 0. The molecule has 41 valence electrons. The molecule has 0 aliphatic carbocycles. The maximum atomic E-state index is 3.25. The summed E-state index contributed by atoms with van der Waals surface area (Å²) in [5, 5.41) is 0. The van der Waals surface area contributed by atoms with Crippen LogP contribution in [-0.4, -0.2) is 0 Å². The number of hydrogen-bond donors (Lipinski definition) is 0. The van der Waals surface area contributed by atoms with Gasteiger partial charge in [-0.25, -0.2) is 19.6 Å². The first kappa shape index (κ1) is 30.0. The van der Waals surface area contributed by atoms with Crippen LogP contribution in [0.5, 0.6) is 0 Å². The first-order valence-electron chi connectivity index (χ1n) is 0.816. The third kappa shape index (κ3) is 136. The molecule has 0 fully saturated rings. The molecule has 0 aromatic carbocycles. The van der Waals surface area contributed by atoms with Crippen LogP contribution < -0.4 is 24.8 Å². The van der Waals surface area contributed by atoms with Crippen molar-refractivity contribution < 1.29 is 41.3 Å². The molecule has 0 N–H and O–H groups in total. The third-order valence-electron chi connectivity index (χ3n) is 0. The van der Waals surface area contributed by atoms with Crippen LogP contribution in [0.4, 0.5) is 0 Å². The van der Waals surface area contributed by atoms with E-state index in [2.05, 4.69) is 13.5 Å². The summed E-state index contributed by atoms with van der Waals surface area (Å²) in [6.45, 7) is 6.50. The van der Waals surface area contributed by atoms with Crippen LogP contribution in [0.3, 0.4) is 0 Å². The molecule has 0 aromatic rings. The van der Waals surface area contributed by atoms with E-state index in [-0.39, 0.29) is 41.3 Å². The van der Waals surface area contributed by atoms with E-state index in [9.17, 15) is 0 Å². The zero-order chi connectivity index (χ0) is 2.71. The van der Waals surface area contributed by atoms with Crippen LogP contribution >= 0.6 is 0 Å². The molecule has 0 saturated heterocycles. The third-order valence-corrected chi connectivity index (χ3v) is 0. The van der Waals surface area contributed by atoms with Gasteiger partial charge in [0.05, 0.1) is 0 Å². The van der Waals surface area contributed by atoms with Crippen molar-refractivity contribution in [2.45, 2.75) is 0 Å². The maximum Gasteiger partial charge on any atom is 3.00 e. The largest absolute Gasteiger partial charge is 3.00 e. The summed E-state index contributed by atoms with van der Waals surface area (Å²) < 4.78 is 0. The van der Waals surface area contributed by atoms with Crippen molar-refractivity contribution in [1.82, 2.24) is 0 Å². The molecule has 0 saturated carbocycles. The average Bonchev–Trinajstić information content (AvgIpc) is 0.918. The fourth-order valence-electron chi connectivity index (χ4n) is 0. The van der Waals surface area contributed by atoms with Gasteiger partial charge in [0, 0.05) is 0 Å². The van der Waals surface area contributed by atoms with Crippen LogP contribution in [0.1, 0.15) is 0 Å². The SMILES string of the molecule is C=C[CH2-].[Cl-].[Cl-].[Ni+3]. The quantitative estimate of drug-likeness (QED) is 0.253. The van der Waals surface area contributed by atoms with Gasteiger partial charge in [0.25, 0.3) is 0 Å². The van der Waals surface area contributed by atoms with Crippen LogP contribution in [0.15, 0.2) is 12.7 Å². The Morgan fingerprint density at radius 3 is 1.33 bits per heavy atom. The Morgan fingerprint density at radius 1 is 1.33 bits per heavy atom. The molecular formula is C3H5Cl2Ni. The van der Waals surface area contributed by atoms with Crippen molar-refractivity contribution in [3.05, 3.63) is 19.6 Å². The Hall–Kier alpha value is 0.684. The molecule has 0 bridgehead atoms. The van der Waals surface area contributed by atoms with Gasteiger partial charge < -0.3 is 24.8 Å². The molecule has 0 nitrogen and oxygen atoms in total. The average molecular weight is 171 g/mol. The van der Waals surface area contributed by atoms with Crippen molar-refractivity contribution >= 4 is 0 Å². The fourth-order valence-corrected chi connectivity index (χ4v) is 0. The molecule has 0 atom stereocenters. The monoisotopic (exact) mass is 169 g/mol. The van der Waals surface area contributed by atoms with E-state index in [4.69, 9.17) is 0 Å². The Labute approximate surface area is 61.1 Å². The summed E-state index contributed by atoms with van der Waals surface area (Å²) in [4.78, 5) is 0. The predicted molar refractivity (Wildman–Crippen MR) is 15.6 cm³/mol. The summed E-state index contributed by atoms with van der Waals surface area (Å²) in [5.74, 6) is 0. The molecule has 0 amide bonds. The summed E-state index contributed by atoms with van der Waals surface area (Å²) >= 11 is 0.